The number of hydrogen-bond donors (Lipinski definition) is 0. The van der Waals surface area contributed by atoms with Gasteiger partial charge in [0.25, 0.3) is 0 Å². The summed E-state index contributed by atoms with van der Waals surface area (Å²) in [5.74, 6) is 0.171. The second kappa shape index (κ2) is 3.75. The number of hydrogen-bond acceptors (Lipinski definition) is 2. The van der Waals surface area contributed by atoms with Gasteiger partial charge in [0.15, 0.2) is 5.79 Å². The second-order valence-corrected chi connectivity index (χ2v) is 4.13. The van der Waals surface area contributed by atoms with Crippen molar-refractivity contribution in [3.05, 3.63) is 0 Å². The van der Waals surface area contributed by atoms with Crippen LogP contribution in [0.1, 0.15) is 40.5 Å². The average molecular weight is 172 g/mol. The quantitative estimate of drug-likeness (QED) is 0.637. The molecule has 0 bridgehead atoms. The van der Waals surface area contributed by atoms with Gasteiger partial charge < -0.3 is 9.47 Å². The minimum absolute atomic E-state index is 0.369. The van der Waals surface area contributed by atoms with E-state index in [0.29, 0.717) is 12.0 Å². The fourth-order valence-electron chi connectivity index (χ4n) is 1.58. The van der Waals surface area contributed by atoms with Crippen LogP contribution in [0.3, 0.4) is 0 Å². The predicted molar refractivity (Wildman–Crippen MR) is 49.0 cm³/mol. The van der Waals surface area contributed by atoms with Gasteiger partial charge >= 0.3 is 0 Å². The van der Waals surface area contributed by atoms with Crippen molar-refractivity contribution in [3.8, 4) is 0 Å². The maximum Gasteiger partial charge on any atom is 0.163 e. The molecule has 0 spiro atoms. The van der Waals surface area contributed by atoms with Crippen LogP contribution in [0.25, 0.3) is 0 Å². The van der Waals surface area contributed by atoms with E-state index in [1.165, 1.54) is 6.42 Å². The molecule has 0 amide bonds. The Bertz CT molecular complexity index is 143. The minimum atomic E-state index is -0.369. The van der Waals surface area contributed by atoms with E-state index in [0.717, 1.165) is 13.0 Å². The van der Waals surface area contributed by atoms with Crippen LogP contribution < -0.4 is 0 Å². The first-order chi connectivity index (χ1) is 5.55. The molecule has 2 nitrogen and oxygen atoms in total. The molecule has 0 unspecified atom stereocenters. The van der Waals surface area contributed by atoms with E-state index in [1.54, 1.807) is 0 Å². The summed E-state index contributed by atoms with van der Waals surface area (Å²) >= 11 is 0. The Morgan fingerprint density at radius 3 is 2.67 bits per heavy atom. The van der Waals surface area contributed by atoms with Gasteiger partial charge in [0, 0.05) is 5.92 Å². The van der Waals surface area contributed by atoms with Crippen molar-refractivity contribution in [2.45, 2.75) is 52.4 Å². The highest BCUT2D eigenvalue weighted by molar-refractivity contribution is 4.74. The zero-order valence-electron chi connectivity index (χ0n) is 8.59. The Hall–Kier alpha value is -0.0800. The third-order valence-corrected chi connectivity index (χ3v) is 2.34. The predicted octanol–water partition coefficient (Wildman–Crippen LogP) is 2.57. The van der Waals surface area contributed by atoms with E-state index in [1.807, 2.05) is 13.8 Å². The highest BCUT2D eigenvalue weighted by Gasteiger charge is 2.33. The molecule has 1 rings (SSSR count). The molecule has 1 heterocycles. The summed E-state index contributed by atoms with van der Waals surface area (Å²) in [6.07, 6.45) is 2.72. The van der Waals surface area contributed by atoms with Gasteiger partial charge in [-0.1, -0.05) is 20.3 Å². The topological polar surface area (TPSA) is 18.5 Å². The van der Waals surface area contributed by atoms with E-state index in [2.05, 4.69) is 13.8 Å². The fourth-order valence-corrected chi connectivity index (χ4v) is 1.58. The molecule has 0 aromatic rings. The van der Waals surface area contributed by atoms with Gasteiger partial charge in [0.05, 0.1) is 12.7 Å². The van der Waals surface area contributed by atoms with Crippen LogP contribution in [0.15, 0.2) is 0 Å². The van der Waals surface area contributed by atoms with Crippen molar-refractivity contribution in [3.63, 3.8) is 0 Å². The summed E-state index contributed by atoms with van der Waals surface area (Å²) in [6, 6.07) is 0. The Morgan fingerprint density at radius 1 is 1.42 bits per heavy atom. The first-order valence-corrected chi connectivity index (χ1v) is 4.87. The maximum atomic E-state index is 5.80. The van der Waals surface area contributed by atoms with E-state index >= 15 is 0 Å². The molecule has 0 aromatic carbocycles. The minimum Gasteiger partial charge on any atom is -0.350 e. The van der Waals surface area contributed by atoms with Crippen LogP contribution in [0, 0.1) is 5.92 Å². The van der Waals surface area contributed by atoms with Gasteiger partial charge in [-0.25, -0.2) is 0 Å². The lowest BCUT2D eigenvalue weighted by atomic mass is 9.99. The molecule has 0 N–H and O–H groups in total. The molecular formula is C10H20O2. The normalized spacial score (nSPS) is 35.0. The van der Waals surface area contributed by atoms with Crippen molar-refractivity contribution in [1.82, 2.24) is 0 Å². The van der Waals surface area contributed by atoms with Crippen molar-refractivity contribution >= 4 is 0 Å². The molecule has 1 saturated heterocycles. The highest BCUT2D eigenvalue weighted by atomic mass is 16.7. The van der Waals surface area contributed by atoms with Crippen LogP contribution in [-0.2, 0) is 9.47 Å². The lowest BCUT2D eigenvalue weighted by Crippen LogP contribution is -2.44. The number of ether oxygens (including phenoxy) is 2. The fraction of sp³-hybridized carbons (Fsp3) is 1.00. The van der Waals surface area contributed by atoms with Gasteiger partial charge in [-0.2, -0.15) is 0 Å². The van der Waals surface area contributed by atoms with Gasteiger partial charge in [-0.05, 0) is 20.3 Å². The summed E-state index contributed by atoms with van der Waals surface area (Å²) in [7, 11) is 0. The average Bonchev–Trinajstić information content (AvgIpc) is 1.97. The lowest BCUT2D eigenvalue weighted by Gasteiger charge is -2.39. The van der Waals surface area contributed by atoms with Gasteiger partial charge in [0.2, 0.25) is 0 Å². The summed E-state index contributed by atoms with van der Waals surface area (Å²) < 4.78 is 11.3. The Kier molecular flexibility index (Phi) is 3.13. The summed E-state index contributed by atoms with van der Waals surface area (Å²) in [5, 5.41) is 0. The van der Waals surface area contributed by atoms with Crippen molar-refractivity contribution in [2.75, 3.05) is 6.61 Å². The van der Waals surface area contributed by atoms with Crippen LogP contribution in [0.5, 0.6) is 0 Å². The Labute approximate surface area is 75.2 Å². The van der Waals surface area contributed by atoms with Crippen molar-refractivity contribution < 1.29 is 9.47 Å². The molecule has 1 fully saturated rings. The molecule has 2 heteroatoms. The maximum absolute atomic E-state index is 5.80. The number of rotatable bonds is 2. The van der Waals surface area contributed by atoms with Crippen LogP contribution in [-0.4, -0.2) is 18.5 Å². The smallest absolute Gasteiger partial charge is 0.163 e. The van der Waals surface area contributed by atoms with E-state index in [4.69, 9.17) is 9.47 Å². The SMILES string of the molecule is CCC[C@H]1OC(C)(C)OC[C@H]1C. The largest absolute Gasteiger partial charge is 0.350 e. The molecule has 72 valence electrons. The first kappa shape index (κ1) is 10.0. The third kappa shape index (κ3) is 2.46. The molecule has 0 aliphatic carbocycles. The van der Waals surface area contributed by atoms with Crippen LogP contribution >= 0.6 is 0 Å². The van der Waals surface area contributed by atoms with E-state index in [9.17, 15) is 0 Å². The molecule has 12 heavy (non-hydrogen) atoms. The summed E-state index contributed by atoms with van der Waals surface area (Å²) in [5.41, 5.74) is 0. The van der Waals surface area contributed by atoms with Crippen LogP contribution in [0.2, 0.25) is 0 Å². The molecule has 1 aliphatic rings. The molecule has 0 aromatic heterocycles. The van der Waals surface area contributed by atoms with Gasteiger partial charge in [0.1, 0.15) is 0 Å². The molecular weight excluding hydrogens is 152 g/mol. The Balaban J connectivity index is 2.47. The first-order valence-electron chi connectivity index (χ1n) is 4.87. The monoisotopic (exact) mass is 172 g/mol. The third-order valence-electron chi connectivity index (χ3n) is 2.34. The summed E-state index contributed by atoms with van der Waals surface area (Å²) in [4.78, 5) is 0. The molecule has 1 aliphatic heterocycles. The second-order valence-electron chi connectivity index (χ2n) is 4.13. The van der Waals surface area contributed by atoms with E-state index in [-0.39, 0.29) is 5.79 Å². The Morgan fingerprint density at radius 2 is 2.08 bits per heavy atom. The summed E-state index contributed by atoms with van der Waals surface area (Å²) in [6.45, 7) is 9.19. The van der Waals surface area contributed by atoms with E-state index < -0.39 is 0 Å². The van der Waals surface area contributed by atoms with Crippen LogP contribution in [0.4, 0.5) is 0 Å². The standard InChI is InChI=1S/C10H20O2/c1-5-6-9-8(2)7-11-10(3,4)12-9/h8-9H,5-7H2,1-4H3/t8-,9-/m1/s1. The lowest BCUT2D eigenvalue weighted by molar-refractivity contribution is -0.291. The van der Waals surface area contributed by atoms with Gasteiger partial charge in [-0.3, -0.25) is 0 Å². The highest BCUT2D eigenvalue weighted by Crippen LogP contribution is 2.28. The molecule has 2 atom stereocenters. The van der Waals surface area contributed by atoms with Crippen molar-refractivity contribution in [2.24, 2.45) is 5.92 Å². The van der Waals surface area contributed by atoms with Crippen molar-refractivity contribution in [1.29, 1.82) is 0 Å². The zero-order chi connectivity index (χ0) is 9.19. The van der Waals surface area contributed by atoms with Gasteiger partial charge in [-0.15, -0.1) is 0 Å². The molecule has 0 saturated carbocycles. The zero-order valence-corrected chi connectivity index (χ0v) is 8.59. The molecule has 0 radical (unpaired) electrons.